The van der Waals surface area contributed by atoms with Gasteiger partial charge in [-0.2, -0.15) is 5.26 Å². The molecule has 0 radical (unpaired) electrons. The SMILES string of the molecule is N#Cc1c(NC(=O)Nc2ccc(Cl)c(Cl)c2)sc2c1CCNC2. The van der Waals surface area contributed by atoms with Gasteiger partial charge in [-0.1, -0.05) is 23.2 Å². The molecule has 2 heterocycles. The van der Waals surface area contributed by atoms with Crippen LogP contribution in [0.5, 0.6) is 0 Å². The number of halogens is 2. The lowest BCUT2D eigenvalue weighted by atomic mass is 10.1. The molecule has 0 spiro atoms. The average molecular weight is 367 g/mol. The zero-order valence-electron chi connectivity index (χ0n) is 11.9. The Bertz CT molecular complexity index is 813. The van der Waals surface area contributed by atoms with Crippen molar-refractivity contribution in [2.75, 3.05) is 17.2 Å². The fourth-order valence-electron chi connectivity index (χ4n) is 2.38. The van der Waals surface area contributed by atoms with E-state index in [0.29, 0.717) is 26.3 Å². The van der Waals surface area contributed by atoms with Crippen LogP contribution in [0.1, 0.15) is 16.0 Å². The standard InChI is InChI=1S/C15H12Cl2N4OS/c16-11-2-1-8(5-12(11)17)20-15(22)21-14-10(6-18)9-3-4-19-7-13(9)23-14/h1-2,5,19H,3-4,7H2,(H2,20,21,22). The number of nitriles is 1. The summed E-state index contributed by atoms with van der Waals surface area (Å²) in [7, 11) is 0. The molecular formula is C15H12Cl2N4OS. The Kier molecular flexibility index (Phi) is 4.74. The molecule has 1 aromatic heterocycles. The van der Waals surface area contributed by atoms with Gasteiger partial charge in [0.05, 0.1) is 15.6 Å². The predicted octanol–water partition coefficient (Wildman–Crippen LogP) is 4.22. The Morgan fingerprint density at radius 1 is 1.30 bits per heavy atom. The van der Waals surface area contributed by atoms with Crippen molar-refractivity contribution in [3.63, 3.8) is 0 Å². The molecule has 3 rings (SSSR count). The first-order valence-electron chi connectivity index (χ1n) is 6.87. The number of carbonyl (C=O) groups excluding carboxylic acids is 1. The van der Waals surface area contributed by atoms with Crippen LogP contribution in [0.3, 0.4) is 0 Å². The number of benzene rings is 1. The maximum Gasteiger partial charge on any atom is 0.324 e. The van der Waals surface area contributed by atoms with Crippen LogP contribution in [0.4, 0.5) is 15.5 Å². The Balaban J connectivity index is 1.76. The highest BCUT2D eigenvalue weighted by atomic mass is 35.5. The van der Waals surface area contributed by atoms with Crippen molar-refractivity contribution in [2.45, 2.75) is 13.0 Å². The monoisotopic (exact) mass is 366 g/mol. The minimum Gasteiger partial charge on any atom is -0.312 e. The van der Waals surface area contributed by atoms with E-state index in [1.807, 2.05) is 0 Å². The first kappa shape index (κ1) is 16.1. The molecule has 1 aliphatic rings. The Morgan fingerprint density at radius 3 is 2.87 bits per heavy atom. The second-order valence-corrected chi connectivity index (χ2v) is 6.87. The molecule has 2 amide bonds. The molecular weight excluding hydrogens is 355 g/mol. The van der Waals surface area contributed by atoms with Gasteiger partial charge in [-0.15, -0.1) is 11.3 Å². The van der Waals surface area contributed by atoms with E-state index in [-0.39, 0.29) is 0 Å². The van der Waals surface area contributed by atoms with Crippen molar-refractivity contribution in [3.8, 4) is 6.07 Å². The van der Waals surface area contributed by atoms with Crippen LogP contribution in [-0.4, -0.2) is 12.6 Å². The summed E-state index contributed by atoms with van der Waals surface area (Å²) < 4.78 is 0. The van der Waals surface area contributed by atoms with E-state index in [4.69, 9.17) is 23.2 Å². The van der Waals surface area contributed by atoms with Crippen molar-refractivity contribution in [3.05, 3.63) is 44.2 Å². The van der Waals surface area contributed by atoms with E-state index in [9.17, 15) is 10.1 Å². The minimum absolute atomic E-state index is 0.361. The lowest BCUT2D eigenvalue weighted by molar-refractivity contribution is 0.262. The number of nitrogens with zero attached hydrogens (tertiary/aromatic N) is 1. The number of hydrogen-bond acceptors (Lipinski definition) is 4. The van der Waals surface area contributed by atoms with Gasteiger partial charge < -0.3 is 10.6 Å². The third-order valence-electron chi connectivity index (χ3n) is 3.44. The van der Waals surface area contributed by atoms with Crippen molar-refractivity contribution in [2.24, 2.45) is 0 Å². The van der Waals surface area contributed by atoms with Crippen LogP contribution >= 0.6 is 34.5 Å². The number of urea groups is 1. The second kappa shape index (κ2) is 6.77. The first-order chi connectivity index (χ1) is 11.1. The number of thiophene rings is 1. The Labute approximate surface area is 147 Å². The third kappa shape index (κ3) is 3.43. The highest BCUT2D eigenvalue weighted by Gasteiger charge is 2.21. The fourth-order valence-corrected chi connectivity index (χ4v) is 3.84. The number of fused-ring (bicyclic) bond motifs is 1. The number of nitrogens with one attached hydrogen (secondary N) is 3. The predicted molar refractivity (Wildman–Crippen MR) is 93.5 cm³/mol. The summed E-state index contributed by atoms with van der Waals surface area (Å²) in [6, 6.07) is 6.60. The van der Waals surface area contributed by atoms with Crippen molar-refractivity contribution in [1.82, 2.24) is 5.32 Å². The van der Waals surface area contributed by atoms with Gasteiger partial charge >= 0.3 is 6.03 Å². The molecule has 2 aromatic rings. The molecule has 0 saturated heterocycles. The number of rotatable bonds is 2. The van der Waals surface area contributed by atoms with Crippen LogP contribution in [0.15, 0.2) is 18.2 Å². The summed E-state index contributed by atoms with van der Waals surface area (Å²) in [5.74, 6) is 0. The smallest absolute Gasteiger partial charge is 0.312 e. The van der Waals surface area contributed by atoms with Crippen LogP contribution in [0.25, 0.3) is 0 Å². The van der Waals surface area contributed by atoms with Gasteiger partial charge in [-0.3, -0.25) is 5.32 Å². The van der Waals surface area contributed by atoms with E-state index in [1.54, 1.807) is 18.2 Å². The summed E-state index contributed by atoms with van der Waals surface area (Å²) in [4.78, 5) is 13.2. The van der Waals surface area contributed by atoms with Crippen molar-refractivity contribution >= 4 is 51.3 Å². The molecule has 0 saturated carbocycles. The Hall–Kier alpha value is -1.78. The van der Waals surface area contributed by atoms with E-state index in [0.717, 1.165) is 30.0 Å². The molecule has 0 atom stereocenters. The summed E-state index contributed by atoms with van der Waals surface area (Å²) in [5.41, 5.74) is 2.11. The van der Waals surface area contributed by atoms with Crippen LogP contribution in [0, 0.1) is 11.3 Å². The highest BCUT2D eigenvalue weighted by molar-refractivity contribution is 7.16. The molecule has 0 fully saturated rings. The van der Waals surface area contributed by atoms with E-state index < -0.39 is 6.03 Å². The summed E-state index contributed by atoms with van der Waals surface area (Å²) in [6.45, 7) is 1.57. The van der Waals surface area contributed by atoms with Gasteiger partial charge in [0.15, 0.2) is 0 Å². The van der Waals surface area contributed by atoms with Gasteiger partial charge in [0.2, 0.25) is 0 Å². The summed E-state index contributed by atoms with van der Waals surface area (Å²) in [5, 5.41) is 19.4. The molecule has 1 aliphatic heterocycles. The summed E-state index contributed by atoms with van der Waals surface area (Å²) >= 11 is 13.2. The average Bonchev–Trinajstić information content (AvgIpc) is 2.87. The van der Waals surface area contributed by atoms with E-state index in [1.165, 1.54) is 11.3 Å². The highest BCUT2D eigenvalue weighted by Crippen LogP contribution is 2.35. The molecule has 0 unspecified atom stereocenters. The van der Waals surface area contributed by atoms with Crippen LogP contribution < -0.4 is 16.0 Å². The Morgan fingerprint density at radius 2 is 2.13 bits per heavy atom. The molecule has 0 bridgehead atoms. The molecule has 1 aromatic carbocycles. The number of amides is 2. The number of anilines is 2. The zero-order valence-corrected chi connectivity index (χ0v) is 14.2. The quantitative estimate of drug-likeness (QED) is 0.744. The lowest BCUT2D eigenvalue weighted by Gasteiger charge is -2.11. The molecule has 118 valence electrons. The minimum atomic E-state index is -0.425. The van der Waals surface area contributed by atoms with Gasteiger partial charge in [0, 0.05) is 17.1 Å². The normalized spacial score (nSPS) is 13.1. The third-order valence-corrected chi connectivity index (χ3v) is 5.33. The fraction of sp³-hybridized carbons (Fsp3) is 0.200. The molecule has 3 N–H and O–H groups in total. The second-order valence-electron chi connectivity index (χ2n) is 4.95. The van der Waals surface area contributed by atoms with E-state index >= 15 is 0 Å². The van der Waals surface area contributed by atoms with Crippen molar-refractivity contribution in [1.29, 1.82) is 5.26 Å². The number of hydrogen-bond donors (Lipinski definition) is 3. The molecule has 5 nitrogen and oxygen atoms in total. The zero-order chi connectivity index (χ0) is 16.4. The number of carbonyl (C=O) groups is 1. The van der Waals surface area contributed by atoms with Gasteiger partial charge in [0.25, 0.3) is 0 Å². The maximum atomic E-state index is 12.1. The molecule has 23 heavy (non-hydrogen) atoms. The topological polar surface area (TPSA) is 77.0 Å². The first-order valence-corrected chi connectivity index (χ1v) is 8.44. The maximum absolute atomic E-state index is 12.1. The molecule has 8 heteroatoms. The lowest BCUT2D eigenvalue weighted by Crippen LogP contribution is -2.22. The van der Waals surface area contributed by atoms with Crippen LogP contribution in [0.2, 0.25) is 10.0 Å². The van der Waals surface area contributed by atoms with Gasteiger partial charge in [-0.05, 0) is 36.7 Å². The molecule has 0 aliphatic carbocycles. The van der Waals surface area contributed by atoms with Crippen molar-refractivity contribution < 1.29 is 4.79 Å². The van der Waals surface area contributed by atoms with Crippen LogP contribution in [-0.2, 0) is 13.0 Å². The van der Waals surface area contributed by atoms with E-state index in [2.05, 4.69) is 22.0 Å². The summed E-state index contributed by atoms with van der Waals surface area (Å²) in [6.07, 6.45) is 0.796. The van der Waals surface area contributed by atoms with Gasteiger partial charge in [-0.25, -0.2) is 4.79 Å². The van der Waals surface area contributed by atoms with Gasteiger partial charge in [0.1, 0.15) is 11.1 Å². The largest absolute Gasteiger partial charge is 0.324 e.